The molecular formula is C22H30O2. The van der Waals surface area contributed by atoms with Gasteiger partial charge in [0.05, 0.1) is 0 Å². The Balaban J connectivity index is 2.41. The standard InChI is InChI=1S/C22H30O2/c1-5-7-12-18(17-13-10-9-11-14-17)16-19-20(15-8-6-2)22(3,24-4)21(19)23/h9-11,13-14,16H,5-8,12,15H2,1-4H3/b18-16-. The van der Waals surface area contributed by atoms with E-state index in [0.717, 1.165) is 44.1 Å². The van der Waals surface area contributed by atoms with Gasteiger partial charge in [-0.25, -0.2) is 0 Å². The quantitative estimate of drug-likeness (QED) is 0.579. The van der Waals surface area contributed by atoms with Crippen LogP contribution in [0.5, 0.6) is 0 Å². The number of carbonyl (C=O) groups excluding carboxylic acids is 1. The summed E-state index contributed by atoms with van der Waals surface area (Å²) < 4.78 is 5.56. The summed E-state index contributed by atoms with van der Waals surface area (Å²) in [7, 11) is 1.64. The molecule has 0 aromatic heterocycles. The zero-order valence-electron chi connectivity index (χ0n) is 15.5. The Morgan fingerprint density at radius 2 is 1.79 bits per heavy atom. The van der Waals surface area contributed by atoms with Crippen LogP contribution in [0.1, 0.15) is 64.9 Å². The molecule has 1 unspecified atom stereocenters. The molecule has 1 aromatic carbocycles. The molecule has 24 heavy (non-hydrogen) atoms. The molecule has 1 atom stereocenters. The number of allylic oxidation sites excluding steroid dienone is 2. The summed E-state index contributed by atoms with van der Waals surface area (Å²) in [5, 5.41) is 0. The third kappa shape index (κ3) is 3.70. The van der Waals surface area contributed by atoms with Crippen molar-refractivity contribution in [2.24, 2.45) is 0 Å². The Bertz CT molecular complexity index is 625. The van der Waals surface area contributed by atoms with Gasteiger partial charge in [-0.1, -0.05) is 57.0 Å². The smallest absolute Gasteiger partial charge is 0.198 e. The molecular weight excluding hydrogens is 296 g/mol. The summed E-state index contributed by atoms with van der Waals surface area (Å²) in [6.07, 6.45) is 8.56. The zero-order valence-corrected chi connectivity index (χ0v) is 15.5. The minimum Gasteiger partial charge on any atom is -0.366 e. The van der Waals surface area contributed by atoms with Crippen LogP contribution in [0.2, 0.25) is 0 Å². The predicted octanol–water partition coefficient (Wildman–Crippen LogP) is 5.73. The van der Waals surface area contributed by atoms with E-state index in [4.69, 9.17) is 4.74 Å². The van der Waals surface area contributed by atoms with Gasteiger partial charge in [-0.15, -0.1) is 0 Å². The lowest BCUT2D eigenvalue weighted by Crippen LogP contribution is -2.49. The maximum Gasteiger partial charge on any atom is 0.198 e. The monoisotopic (exact) mass is 326 g/mol. The van der Waals surface area contributed by atoms with E-state index in [-0.39, 0.29) is 5.78 Å². The second kappa shape index (κ2) is 8.43. The van der Waals surface area contributed by atoms with Crippen molar-refractivity contribution in [3.63, 3.8) is 0 Å². The van der Waals surface area contributed by atoms with E-state index in [9.17, 15) is 4.79 Å². The third-order valence-electron chi connectivity index (χ3n) is 5.03. The van der Waals surface area contributed by atoms with Gasteiger partial charge in [-0.3, -0.25) is 4.79 Å². The molecule has 130 valence electrons. The van der Waals surface area contributed by atoms with Crippen LogP contribution in [0.4, 0.5) is 0 Å². The molecule has 1 aromatic rings. The molecule has 0 amide bonds. The number of rotatable bonds is 9. The number of benzene rings is 1. The summed E-state index contributed by atoms with van der Waals surface area (Å²) in [6, 6.07) is 10.4. The van der Waals surface area contributed by atoms with E-state index in [1.54, 1.807) is 7.11 Å². The molecule has 1 aliphatic rings. The minimum absolute atomic E-state index is 0.126. The topological polar surface area (TPSA) is 26.3 Å². The molecule has 1 aliphatic carbocycles. The van der Waals surface area contributed by atoms with Crippen LogP contribution >= 0.6 is 0 Å². The summed E-state index contributed by atoms with van der Waals surface area (Å²) >= 11 is 0. The van der Waals surface area contributed by atoms with Crippen LogP contribution in [0.15, 0.2) is 47.6 Å². The second-order valence-electron chi connectivity index (χ2n) is 6.70. The van der Waals surface area contributed by atoms with Crippen molar-refractivity contribution >= 4 is 11.4 Å². The number of hydrogen-bond donors (Lipinski definition) is 0. The number of ether oxygens (including phenoxy) is 1. The minimum atomic E-state index is -0.715. The summed E-state index contributed by atoms with van der Waals surface area (Å²) in [5.41, 5.74) is 3.80. The van der Waals surface area contributed by atoms with Gasteiger partial charge < -0.3 is 4.74 Å². The third-order valence-corrected chi connectivity index (χ3v) is 5.03. The Hall–Kier alpha value is -1.67. The van der Waals surface area contributed by atoms with Crippen LogP contribution < -0.4 is 0 Å². The highest BCUT2D eigenvalue weighted by Gasteiger charge is 2.48. The molecule has 2 nitrogen and oxygen atoms in total. The van der Waals surface area contributed by atoms with Crippen molar-refractivity contribution < 1.29 is 9.53 Å². The molecule has 0 saturated heterocycles. The van der Waals surface area contributed by atoms with Gasteiger partial charge in [0.25, 0.3) is 0 Å². The van der Waals surface area contributed by atoms with Gasteiger partial charge in [0, 0.05) is 12.7 Å². The van der Waals surface area contributed by atoms with Crippen molar-refractivity contribution in [1.29, 1.82) is 0 Å². The molecule has 0 N–H and O–H groups in total. The van der Waals surface area contributed by atoms with Crippen molar-refractivity contribution in [3.05, 3.63) is 53.1 Å². The summed E-state index contributed by atoms with van der Waals surface area (Å²) in [4.78, 5) is 12.7. The Kier molecular flexibility index (Phi) is 6.56. The SMILES string of the molecule is CCCCC1=C(/C=C(/CCCC)c2ccccc2)C(=O)C1(C)OC. The first-order valence-corrected chi connectivity index (χ1v) is 9.18. The van der Waals surface area contributed by atoms with E-state index in [0.29, 0.717) is 0 Å². The average molecular weight is 326 g/mol. The van der Waals surface area contributed by atoms with Crippen molar-refractivity contribution in [2.75, 3.05) is 7.11 Å². The molecule has 0 radical (unpaired) electrons. The van der Waals surface area contributed by atoms with Gasteiger partial charge in [-0.05, 0) is 55.4 Å². The fourth-order valence-electron chi connectivity index (χ4n) is 3.31. The Labute approximate surface area is 146 Å². The number of unbranched alkanes of at least 4 members (excludes halogenated alkanes) is 2. The molecule has 0 saturated carbocycles. The van der Waals surface area contributed by atoms with Crippen LogP contribution in [0, 0.1) is 0 Å². The number of Topliss-reactive ketones (excluding diaryl/α,β-unsaturated/α-hetero) is 1. The van der Waals surface area contributed by atoms with Crippen molar-refractivity contribution in [3.8, 4) is 0 Å². The molecule has 0 aliphatic heterocycles. The van der Waals surface area contributed by atoms with E-state index in [1.165, 1.54) is 16.7 Å². The molecule has 2 rings (SSSR count). The molecule has 0 heterocycles. The number of carbonyl (C=O) groups is 1. The first-order valence-electron chi connectivity index (χ1n) is 9.18. The van der Waals surface area contributed by atoms with Gasteiger partial charge in [-0.2, -0.15) is 0 Å². The Morgan fingerprint density at radius 3 is 2.38 bits per heavy atom. The second-order valence-corrected chi connectivity index (χ2v) is 6.70. The Morgan fingerprint density at radius 1 is 1.12 bits per heavy atom. The molecule has 0 spiro atoms. The molecule has 2 heteroatoms. The fourth-order valence-corrected chi connectivity index (χ4v) is 3.31. The number of ketones is 1. The highest BCUT2D eigenvalue weighted by molar-refractivity contribution is 6.15. The van der Waals surface area contributed by atoms with E-state index in [1.807, 2.05) is 13.0 Å². The van der Waals surface area contributed by atoms with E-state index in [2.05, 4.69) is 44.2 Å². The largest absolute Gasteiger partial charge is 0.366 e. The summed E-state index contributed by atoms with van der Waals surface area (Å²) in [5.74, 6) is 0.126. The van der Waals surface area contributed by atoms with E-state index >= 15 is 0 Å². The lowest BCUT2D eigenvalue weighted by Gasteiger charge is -2.40. The highest BCUT2D eigenvalue weighted by Crippen LogP contribution is 2.42. The maximum absolute atomic E-state index is 12.7. The lowest BCUT2D eigenvalue weighted by molar-refractivity contribution is -0.135. The van der Waals surface area contributed by atoms with Crippen LogP contribution in [-0.2, 0) is 9.53 Å². The van der Waals surface area contributed by atoms with Crippen LogP contribution in [0.3, 0.4) is 0 Å². The fraction of sp³-hybridized carbons (Fsp3) is 0.500. The van der Waals surface area contributed by atoms with Crippen molar-refractivity contribution in [1.82, 2.24) is 0 Å². The van der Waals surface area contributed by atoms with Crippen molar-refractivity contribution in [2.45, 2.75) is 64.9 Å². The average Bonchev–Trinajstić information content (AvgIpc) is 2.63. The summed E-state index contributed by atoms with van der Waals surface area (Å²) in [6.45, 7) is 6.29. The zero-order chi connectivity index (χ0) is 17.6. The van der Waals surface area contributed by atoms with Gasteiger partial charge in [0.15, 0.2) is 5.78 Å². The van der Waals surface area contributed by atoms with E-state index < -0.39 is 5.60 Å². The number of hydrogen-bond acceptors (Lipinski definition) is 2. The molecule has 0 bridgehead atoms. The number of methoxy groups -OCH3 is 1. The highest BCUT2D eigenvalue weighted by atomic mass is 16.5. The first-order chi connectivity index (χ1) is 11.6. The van der Waals surface area contributed by atoms with Crippen LogP contribution in [0.25, 0.3) is 5.57 Å². The van der Waals surface area contributed by atoms with Gasteiger partial charge in [0.1, 0.15) is 5.60 Å². The molecule has 0 fully saturated rings. The lowest BCUT2D eigenvalue weighted by atomic mass is 9.70. The maximum atomic E-state index is 12.7. The first kappa shape index (κ1) is 18.7. The normalized spacial score (nSPS) is 21.2. The van der Waals surface area contributed by atoms with Crippen LogP contribution in [-0.4, -0.2) is 18.5 Å². The van der Waals surface area contributed by atoms with Gasteiger partial charge in [0.2, 0.25) is 0 Å². The van der Waals surface area contributed by atoms with Gasteiger partial charge >= 0.3 is 0 Å². The predicted molar refractivity (Wildman–Crippen MR) is 101 cm³/mol.